The number of aromatic nitrogens is 5. The van der Waals surface area contributed by atoms with Crippen molar-refractivity contribution in [2.45, 2.75) is 0 Å². The third-order valence-corrected chi connectivity index (χ3v) is 1.59. The van der Waals surface area contributed by atoms with Gasteiger partial charge in [0.25, 0.3) is 0 Å². The normalized spacial score (nSPS) is 10.1. The highest BCUT2D eigenvalue weighted by Gasteiger charge is 2.05. The van der Waals surface area contributed by atoms with Crippen molar-refractivity contribution in [1.29, 1.82) is 0 Å². The zero-order valence-corrected chi connectivity index (χ0v) is 7.43. The summed E-state index contributed by atoms with van der Waals surface area (Å²) in [5.41, 5.74) is 5.91. The first-order valence-electron chi connectivity index (χ1n) is 3.85. The van der Waals surface area contributed by atoms with E-state index in [0.717, 1.165) is 0 Å². The Hall–Kier alpha value is -2.18. The van der Waals surface area contributed by atoms with Crippen LogP contribution in [0.1, 0.15) is 0 Å². The number of anilines is 1. The number of nitrogen functional groups attached to an aromatic ring is 1. The molecule has 3 N–H and O–H groups in total. The quantitative estimate of drug-likeness (QED) is 0.686. The summed E-state index contributed by atoms with van der Waals surface area (Å²) in [4.78, 5) is 3.90. The van der Waals surface area contributed by atoms with Crippen LogP contribution in [0.3, 0.4) is 0 Å². The monoisotopic (exact) mass is 192 g/mol. The van der Waals surface area contributed by atoms with Gasteiger partial charge in [-0.3, -0.25) is 5.10 Å². The lowest BCUT2D eigenvalue weighted by molar-refractivity contribution is 0.392. The second kappa shape index (κ2) is 3.29. The molecule has 0 aliphatic carbocycles. The van der Waals surface area contributed by atoms with Crippen molar-refractivity contribution in [2.75, 3.05) is 12.8 Å². The van der Waals surface area contributed by atoms with Crippen molar-refractivity contribution in [1.82, 2.24) is 25.4 Å². The van der Waals surface area contributed by atoms with Crippen LogP contribution in [-0.4, -0.2) is 32.5 Å². The van der Waals surface area contributed by atoms with Crippen LogP contribution in [0.4, 0.5) is 5.95 Å². The highest BCUT2D eigenvalue weighted by molar-refractivity contribution is 5.49. The summed E-state index contributed by atoms with van der Waals surface area (Å²) in [5.74, 6) is 1.11. The number of ether oxygens (including phenoxy) is 1. The lowest BCUT2D eigenvalue weighted by Gasteiger charge is -1.96. The number of hydrogen-bond acceptors (Lipinski definition) is 6. The van der Waals surface area contributed by atoms with E-state index in [9.17, 15) is 0 Å². The maximum Gasteiger partial charge on any atom is 0.239 e. The molecular formula is C7H8N6O. The SMILES string of the molecule is COc1ccc(-c2nc(N)n[nH]2)nn1. The molecule has 7 nitrogen and oxygen atoms in total. The van der Waals surface area contributed by atoms with Gasteiger partial charge >= 0.3 is 0 Å². The summed E-state index contributed by atoms with van der Waals surface area (Å²) in [6.07, 6.45) is 0. The Morgan fingerprint density at radius 1 is 1.36 bits per heavy atom. The van der Waals surface area contributed by atoms with E-state index in [1.54, 1.807) is 12.1 Å². The predicted molar refractivity (Wildman–Crippen MR) is 48.4 cm³/mol. The average Bonchev–Trinajstić information content (AvgIpc) is 2.65. The van der Waals surface area contributed by atoms with E-state index < -0.39 is 0 Å². The van der Waals surface area contributed by atoms with E-state index in [2.05, 4.69) is 25.4 Å². The molecule has 72 valence electrons. The summed E-state index contributed by atoms with van der Waals surface area (Å²) >= 11 is 0. The molecule has 14 heavy (non-hydrogen) atoms. The third kappa shape index (κ3) is 1.47. The molecular weight excluding hydrogens is 184 g/mol. The molecule has 0 amide bonds. The van der Waals surface area contributed by atoms with Crippen LogP contribution in [-0.2, 0) is 0 Å². The smallest absolute Gasteiger partial charge is 0.239 e. The Balaban J connectivity index is 2.33. The standard InChI is InChI=1S/C7H8N6O/c1-14-5-3-2-4(10-11-5)6-9-7(8)13-12-6/h2-3H,1H3,(H3,8,9,12,13). The largest absolute Gasteiger partial charge is 0.480 e. The highest BCUT2D eigenvalue weighted by atomic mass is 16.5. The lowest BCUT2D eigenvalue weighted by Crippen LogP contribution is -1.93. The van der Waals surface area contributed by atoms with Crippen molar-refractivity contribution in [3.05, 3.63) is 12.1 Å². The summed E-state index contributed by atoms with van der Waals surface area (Å²) in [7, 11) is 1.52. The minimum Gasteiger partial charge on any atom is -0.480 e. The van der Waals surface area contributed by atoms with Crippen LogP contribution in [0, 0.1) is 0 Å². The molecule has 2 heterocycles. The molecule has 2 rings (SSSR count). The fourth-order valence-electron chi connectivity index (χ4n) is 0.945. The highest BCUT2D eigenvalue weighted by Crippen LogP contribution is 2.13. The van der Waals surface area contributed by atoms with E-state index in [1.807, 2.05) is 0 Å². The molecule has 0 saturated carbocycles. The summed E-state index contributed by atoms with van der Waals surface area (Å²) in [6, 6.07) is 3.40. The van der Waals surface area contributed by atoms with Gasteiger partial charge in [0.2, 0.25) is 11.8 Å². The van der Waals surface area contributed by atoms with E-state index in [0.29, 0.717) is 17.4 Å². The first kappa shape index (κ1) is 8.42. The van der Waals surface area contributed by atoms with E-state index in [-0.39, 0.29) is 5.95 Å². The molecule has 0 unspecified atom stereocenters. The van der Waals surface area contributed by atoms with Gasteiger partial charge in [-0.25, -0.2) is 0 Å². The number of nitrogens with one attached hydrogen (secondary N) is 1. The lowest BCUT2D eigenvalue weighted by atomic mass is 10.4. The van der Waals surface area contributed by atoms with Crippen molar-refractivity contribution in [2.24, 2.45) is 0 Å². The molecule has 2 aromatic heterocycles. The van der Waals surface area contributed by atoms with Crippen molar-refractivity contribution >= 4 is 5.95 Å². The molecule has 0 atom stereocenters. The second-order valence-corrected chi connectivity index (χ2v) is 2.50. The van der Waals surface area contributed by atoms with E-state index in [4.69, 9.17) is 10.5 Å². The number of rotatable bonds is 2. The Kier molecular flexibility index (Phi) is 1.98. The van der Waals surface area contributed by atoms with Crippen LogP contribution in [0.25, 0.3) is 11.5 Å². The zero-order chi connectivity index (χ0) is 9.97. The second-order valence-electron chi connectivity index (χ2n) is 2.50. The van der Waals surface area contributed by atoms with Crippen LogP contribution in [0.2, 0.25) is 0 Å². The summed E-state index contributed by atoms with van der Waals surface area (Å²) in [5, 5.41) is 14.0. The third-order valence-electron chi connectivity index (χ3n) is 1.59. The topological polar surface area (TPSA) is 103 Å². The number of methoxy groups -OCH3 is 1. The fourth-order valence-corrected chi connectivity index (χ4v) is 0.945. The number of nitrogens with zero attached hydrogens (tertiary/aromatic N) is 4. The molecule has 0 bridgehead atoms. The van der Waals surface area contributed by atoms with E-state index in [1.165, 1.54) is 7.11 Å². The summed E-state index contributed by atoms with van der Waals surface area (Å²) in [6.45, 7) is 0. The molecule has 2 aromatic rings. The van der Waals surface area contributed by atoms with Crippen molar-refractivity contribution in [3.63, 3.8) is 0 Å². The number of nitrogens with two attached hydrogens (primary N) is 1. The van der Waals surface area contributed by atoms with Gasteiger partial charge in [-0.05, 0) is 6.07 Å². The summed E-state index contributed by atoms with van der Waals surface area (Å²) < 4.78 is 4.87. The van der Waals surface area contributed by atoms with Gasteiger partial charge in [0.15, 0.2) is 5.82 Å². The Bertz CT molecular complexity index is 422. The number of aromatic amines is 1. The van der Waals surface area contributed by atoms with Gasteiger partial charge in [0.1, 0.15) is 5.69 Å². The Labute approximate surface area is 79.3 Å². The number of hydrogen-bond donors (Lipinski definition) is 2. The maximum atomic E-state index is 5.35. The molecule has 0 radical (unpaired) electrons. The zero-order valence-electron chi connectivity index (χ0n) is 7.43. The predicted octanol–water partition coefficient (Wildman–Crippen LogP) is -0.148. The van der Waals surface area contributed by atoms with E-state index >= 15 is 0 Å². The molecule has 0 aliphatic heterocycles. The Morgan fingerprint density at radius 3 is 2.71 bits per heavy atom. The molecule has 7 heteroatoms. The van der Waals surface area contributed by atoms with Gasteiger partial charge in [-0.2, -0.15) is 4.98 Å². The molecule has 0 aromatic carbocycles. The molecule has 0 fully saturated rings. The van der Waals surface area contributed by atoms with Gasteiger partial charge in [0.05, 0.1) is 7.11 Å². The van der Waals surface area contributed by atoms with Gasteiger partial charge in [-0.1, -0.05) is 0 Å². The minimum atomic E-state index is 0.178. The van der Waals surface area contributed by atoms with Crippen molar-refractivity contribution < 1.29 is 4.74 Å². The first-order chi connectivity index (χ1) is 6.79. The van der Waals surface area contributed by atoms with Crippen LogP contribution in [0.15, 0.2) is 12.1 Å². The number of H-pyrrole nitrogens is 1. The Morgan fingerprint density at radius 2 is 2.21 bits per heavy atom. The maximum absolute atomic E-state index is 5.35. The van der Waals surface area contributed by atoms with Crippen LogP contribution in [0.5, 0.6) is 5.88 Å². The minimum absolute atomic E-state index is 0.178. The van der Waals surface area contributed by atoms with Gasteiger partial charge in [-0.15, -0.1) is 15.3 Å². The van der Waals surface area contributed by atoms with Crippen LogP contribution >= 0.6 is 0 Å². The molecule has 0 spiro atoms. The average molecular weight is 192 g/mol. The van der Waals surface area contributed by atoms with Crippen LogP contribution < -0.4 is 10.5 Å². The molecule has 0 aliphatic rings. The first-order valence-corrected chi connectivity index (χ1v) is 3.85. The van der Waals surface area contributed by atoms with Gasteiger partial charge < -0.3 is 10.5 Å². The van der Waals surface area contributed by atoms with Crippen molar-refractivity contribution in [3.8, 4) is 17.4 Å². The van der Waals surface area contributed by atoms with Gasteiger partial charge in [0, 0.05) is 6.07 Å². The fraction of sp³-hybridized carbons (Fsp3) is 0.143. The molecule has 0 saturated heterocycles.